The van der Waals surface area contributed by atoms with Gasteiger partial charge in [-0.25, -0.2) is 4.79 Å². The predicted octanol–water partition coefficient (Wildman–Crippen LogP) is 1.97. The maximum Gasteiger partial charge on any atom is 0.330 e. The molecule has 0 heterocycles. The van der Waals surface area contributed by atoms with Crippen LogP contribution in [0.4, 0.5) is 0 Å². The normalized spacial score (nSPS) is 10.4. The average Bonchev–Trinajstić information content (AvgIpc) is 2.17. The molecule has 14 heavy (non-hydrogen) atoms. The van der Waals surface area contributed by atoms with E-state index in [4.69, 9.17) is 9.84 Å². The summed E-state index contributed by atoms with van der Waals surface area (Å²) in [5.41, 5.74) is 0.843. The summed E-state index contributed by atoms with van der Waals surface area (Å²) >= 11 is 0. The van der Waals surface area contributed by atoms with Gasteiger partial charge in [0, 0.05) is 6.08 Å². The predicted molar refractivity (Wildman–Crippen MR) is 53.8 cm³/mol. The molecule has 1 aromatic rings. The Labute approximate surface area is 82.6 Å². The van der Waals surface area contributed by atoms with Crippen molar-refractivity contribution in [3.8, 4) is 5.75 Å². The van der Waals surface area contributed by atoms with Gasteiger partial charge in [-0.2, -0.15) is 0 Å². The molecule has 0 fully saturated rings. The second-order valence-corrected chi connectivity index (χ2v) is 2.68. The molecular formula is C11H12O3. The summed E-state index contributed by atoms with van der Waals surface area (Å²) in [6.45, 7) is 2.13. The molecule has 0 unspecified atom stereocenters. The number of phenols is 1. The molecule has 3 nitrogen and oxygen atoms in total. The fourth-order valence-corrected chi connectivity index (χ4v) is 0.940. The van der Waals surface area contributed by atoms with Gasteiger partial charge in [0.05, 0.1) is 6.61 Å². The first-order chi connectivity index (χ1) is 6.72. The number of hydrogen-bond acceptors (Lipinski definition) is 3. The van der Waals surface area contributed by atoms with E-state index in [9.17, 15) is 4.79 Å². The van der Waals surface area contributed by atoms with Crippen molar-refractivity contribution in [3.63, 3.8) is 0 Å². The monoisotopic (exact) mass is 192 g/mol. The summed E-state index contributed by atoms with van der Waals surface area (Å²) in [7, 11) is 0. The van der Waals surface area contributed by atoms with E-state index in [1.165, 1.54) is 6.08 Å². The van der Waals surface area contributed by atoms with E-state index in [2.05, 4.69) is 0 Å². The van der Waals surface area contributed by atoms with E-state index in [1.54, 1.807) is 37.3 Å². The van der Waals surface area contributed by atoms with Gasteiger partial charge in [0.25, 0.3) is 0 Å². The van der Waals surface area contributed by atoms with Gasteiger partial charge in [-0.05, 0) is 30.7 Å². The fourth-order valence-electron chi connectivity index (χ4n) is 0.940. The molecule has 0 amide bonds. The number of carbonyl (C=O) groups is 1. The van der Waals surface area contributed by atoms with E-state index in [0.717, 1.165) is 5.56 Å². The molecule has 0 spiro atoms. The van der Waals surface area contributed by atoms with Crippen LogP contribution >= 0.6 is 0 Å². The van der Waals surface area contributed by atoms with Crippen LogP contribution in [0.2, 0.25) is 0 Å². The van der Waals surface area contributed by atoms with Crippen LogP contribution in [-0.2, 0) is 9.53 Å². The first-order valence-corrected chi connectivity index (χ1v) is 4.36. The summed E-state index contributed by atoms with van der Waals surface area (Å²) in [6.07, 6.45) is 2.99. The fraction of sp³-hybridized carbons (Fsp3) is 0.182. The van der Waals surface area contributed by atoms with E-state index in [-0.39, 0.29) is 11.7 Å². The molecule has 0 aliphatic heterocycles. The second kappa shape index (κ2) is 5.07. The number of ether oxygens (including phenoxy) is 1. The molecule has 74 valence electrons. The van der Waals surface area contributed by atoms with E-state index >= 15 is 0 Å². The molecule has 0 aliphatic rings. The molecule has 1 rings (SSSR count). The Morgan fingerprint density at radius 1 is 1.43 bits per heavy atom. The van der Waals surface area contributed by atoms with Crippen LogP contribution in [0.15, 0.2) is 30.3 Å². The van der Waals surface area contributed by atoms with Gasteiger partial charge >= 0.3 is 5.97 Å². The lowest BCUT2D eigenvalue weighted by Crippen LogP contribution is -1.98. The van der Waals surface area contributed by atoms with Crippen molar-refractivity contribution in [2.24, 2.45) is 0 Å². The highest BCUT2D eigenvalue weighted by Crippen LogP contribution is 2.10. The largest absolute Gasteiger partial charge is 0.508 e. The first kappa shape index (κ1) is 10.3. The number of rotatable bonds is 3. The SMILES string of the molecule is CCOC(=O)/C=C\c1ccc(O)cc1. The summed E-state index contributed by atoms with van der Waals surface area (Å²) in [5, 5.41) is 9.00. The van der Waals surface area contributed by atoms with Crippen LogP contribution in [0, 0.1) is 0 Å². The summed E-state index contributed by atoms with van der Waals surface area (Å²) in [5.74, 6) is -0.154. The average molecular weight is 192 g/mol. The topological polar surface area (TPSA) is 46.5 Å². The van der Waals surface area contributed by atoms with Gasteiger partial charge in [0.15, 0.2) is 0 Å². The lowest BCUT2D eigenvalue weighted by Gasteiger charge is -1.95. The van der Waals surface area contributed by atoms with Crippen LogP contribution in [0.5, 0.6) is 5.75 Å². The van der Waals surface area contributed by atoms with E-state index in [1.807, 2.05) is 0 Å². The number of aromatic hydroxyl groups is 1. The van der Waals surface area contributed by atoms with Gasteiger partial charge in [0.1, 0.15) is 5.75 Å². The van der Waals surface area contributed by atoms with Crippen LogP contribution in [0.25, 0.3) is 6.08 Å². The standard InChI is InChI=1S/C11H12O3/c1-2-14-11(13)8-5-9-3-6-10(12)7-4-9/h3-8,12H,2H2,1H3/b8-5-. The number of phenolic OH excluding ortho intramolecular Hbond substituents is 1. The summed E-state index contributed by atoms with van der Waals surface area (Å²) in [4.78, 5) is 10.9. The second-order valence-electron chi connectivity index (χ2n) is 2.68. The lowest BCUT2D eigenvalue weighted by molar-refractivity contribution is -0.137. The molecule has 0 bridgehead atoms. The minimum absolute atomic E-state index is 0.207. The number of esters is 1. The third-order valence-electron chi connectivity index (χ3n) is 1.59. The minimum Gasteiger partial charge on any atom is -0.508 e. The number of benzene rings is 1. The highest BCUT2D eigenvalue weighted by atomic mass is 16.5. The Kier molecular flexibility index (Phi) is 3.73. The van der Waals surface area contributed by atoms with Gasteiger partial charge in [0.2, 0.25) is 0 Å². The van der Waals surface area contributed by atoms with Crippen LogP contribution < -0.4 is 0 Å². The van der Waals surface area contributed by atoms with Gasteiger partial charge < -0.3 is 9.84 Å². The Morgan fingerprint density at radius 3 is 2.64 bits per heavy atom. The summed E-state index contributed by atoms with van der Waals surface area (Å²) < 4.78 is 4.71. The van der Waals surface area contributed by atoms with Gasteiger partial charge in [-0.3, -0.25) is 0 Å². The van der Waals surface area contributed by atoms with Gasteiger partial charge in [-0.15, -0.1) is 0 Å². The maximum absolute atomic E-state index is 10.9. The Balaban J connectivity index is 2.60. The maximum atomic E-state index is 10.9. The van der Waals surface area contributed by atoms with Crippen molar-refractivity contribution >= 4 is 12.0 Å². The van der Waals surface area contributed by atoms with E-state index in [0.29, 0.717) is 6.61 Å². The molecule has 0 atom stereocenters. The first-order valence-electron chi connectivity index (χ1n) is 4.36. The third kappa shape index (κ3) is 3.31. The van der Waals surface area contributed by atoms with Crippen molar-refractivity contribution in [3.05, 3.63) is 35.9 Å². The van der Waals surface area contributed by atoms with Crippen LogP contribution in [-0.4, -0.2) is 17.7 Å². The minimum atomic E-state index is -0.361. The molecule has 0 aliphatic carbocycles. The van der Waals surface area contributed by atoms with Gasteiger partial charge in [-0.1, -0.05) is 12.1 Å². The van der Waals surface area contributed by atoms with Crippen molar-refractivity contribution in [1.29, 1.82) is 0 Å². The van der Waals surface area contributed by atoms with E-state index < -0.39 is 0 Å². The molecule has 0 radical (unpaired) electrons. The lowest BCUT2D eigenvalue weighted by atomic mass is 10.2. The van der Waals surface area contributed by atoms with Crippen molar-refractivity contribution < 1.29 is 14.6 Å². The molecular weight excluding hydrogens is 180 g/mol. The van der Waals surface area contributed by atoms with Crippen molar-refractivity contribution in [2.45, 2.75) is 6.92 Å². The number of carbonyl (C=O) groups excluding carboxylic acids is 1. The zero-order valence-corrected chi connectivity index (χ0v) is 7.93. The molecule has 1 N–H and O–H groups in total. The molecule has 1 aromatic carbocycles. The molecule has 0 saturated carbocycles. The Morgan fingerprint density at radius 2 is 2.07 bits per heavy atom. The molecule has 3 heteroatoms. The van der Waals surface area contributed by atoms with Crippen molar-refractivity contribution in [2.75, 3.05) is 6.61 Å². The van der Waals surface area contributed by atoms with Crippen molar-refractivity contribution in [1.82, 2.24) is 0 Å². The zero-order valence-electron chi connectivity index (χ0n) is 7.93. The molecule has 0 saturated heterocycles. The highest BCUT2D eigenvalue weighted by molar-refractivity contribution is 5.87. The molecule has 0 aromatic heterocycles. The Bertz CT molecular complexity index is 325. The Hall–Kier alpha value is -1.77. The quantitative estimate of drug-likeness (QED) is 0.588. The smallest absolute Gasteiger partial charge is 0.330 e. The van der Waals surface area contributed by atoms with Crippen LogP contribution in [0.3, 0.4) is 0 Å². The zero-order chi connectivity index (χ0) is 10.4. The number of hydrogen-bond donors (Lipinski definition) is 1. The third-order valence-corrected chi connectivity index (χ3v) is 1.59. The highest BCUT2D eigenvalue weighted by Gasteiger charge is 1.93. The summed E-state index contributed by atoms with van der Waals surface area (Å²) in [6, 6.07) is 6.55. The van der Waals surface area contributed by atoms with Crippen LogP contribution in [0.1, 0.15) is 12.5 Å².